The van der Waals surface area contributed by atoms with E-state index in [4.69, 9.17) is 10.7 Å². The van der Waals surface area contributed by atoms with E-state index in [1.54, 1.807) is 35.6 Å². The number of nitrogen functional groups attached to an aromatic ring is 1. The third kappa shape index (κ3) is 4.15. The van der Waals surface area contributed by atoms with Gasteiger partial charge in [0.15, 0.2) is 0 Å². The lowest BCUT2D eigenvalue weighted by molar-refractivity contribution is 0.244. The van der Waals surface area contributed by atoms with Crippen molar-refractivity contribution in [3.8, 4) is 21.8 Å². The molecule has 156 valence electrons. The Bertz CT molecular complexity index is 1280. The number of benzene rings is 2. The van der Waals surface area contributed by atoms with Gasteiger partial charge in [-0.05, 0) is 54.1 Å². The summed E-state index contributed by atoms with van der Waals surface area (Å²) in [5.41, 5.74) is 9.81. The molecule has 7 heteroatoms. The van der Waals surface area contributed by atoms with Gasteiger partial charge in [-0.1, -0.05) is 12.1 Å². The van der Waals surface area contributed by atoms with Gasteiger partial charge in [-0.3, -0.25) is 9.69 Å². The van der Waals surface area contributed by atoms with Gasteiger partial charge in [0.25, 0.3) is 5.56 Å². The highest BCUT2D eigenvalue weighted by molar-refractivity contribution is 7.15. The summed E-state index contributed by atoms with van der Waals surface area (Å²) < 4.78 is 13.2. The van der Waals surface area contributed by atoms with E-state index >= 15 is 0 Å². The molecule has 0 spiro atoms. The minimum atomic E-state index is -0.231. The van der Waals surface area contributed by atoms with Gasteiger partial charge in [0.1, 0.15) is 11.6 Å². The van der Waals surface area contributed by atoms with Crippen molar-refractivity contribution in [2.75, 3.05) is 12.3 Å². The van der Waals surface area contributed by atoms with Crippen LogP contribution in [0.2, 0.25) is 0 Å². The maximum Gasteiger partial charge on any atom is 0.255 e. The molecule has 0 unspecified atom stereocenters. The molecular formula is C24H21FN4OS. The molecule has 5 rings (SSSR count). The van der Waals surface area contributed by atoms with Crippen LogP contribution < -0.4 is 11.3 Å². The first-order valence-corrected chi connectivity index (χ1v) is 10.9. The Morgan fingerprint density at radius 3 is 2.55 bits per heavy atom. The second-order valence-electron chi connectivity index (χ2n) is 7.70. The SMILES string of the molecule is Nc1ccc(-c2nc3c(c(=O)[nH]2)CN(Cc2ccc(-c4ccc(F)cc4)s2)CC3)cc1. The number of aromatic amines is 1. The number of thiophene rings is 1. The molecule has 0 atom stereocenters. The number of fused-ring (bicyclic) bond motifs is 1. The van der Waals surface area contributed by atoms with Crippen LogP contribution >= 0.6 is 11.3 Å². The van der Waals surface area contributed by atoms with Gasteiger partial charge in [-0.25, -0.2) is 9.37 Å². The summed E-state index contributed by atoms with van der Waals surface area (Å²) >= 11 is 1.70. The first-order valence-electron chi connectivity index (χ1n) is 10.1. The van der Waals surface area contributed by atoms with Gasteiger partial charge in [-0.15, -0.1) is 11.3 Å². The zero-order valence-corrected chi connectivity index (χ0v) is 17.6. The van der Waals surface area contributed by atoms with Crippen LogP contribution in [0.25, 0.3) is 21.8 Å². The first-order chi connectivity index (χ1) is 15.0. The average molecular weight is 433 g/mol. The Hall–Kier alpha value is -3.29. The quantitative estimate of drug-likeness (QED) is 0.468. The second-order valence-corrected chi connectivity index (χ2v) is 8.86. The first kappa shape index (κ1) is 19.7. The van der Waals surface area contributed by atoms with Gasteiger partial charge in [0.2, 0.25) is 0 Å². The third-order valence-electron chi connectivity index (χ3n) is 5.50. The van der Waals surface area contributed by atoms with Crippen LogP contribution in [0, 0.1) is 5.82 Å². The smallest absolute Gasteiger partial charge is 0.255 e. The van der Waals surface area contributed by atoms with Crippen molar-refractivity contribution in [2.24, 2.45) is 0 Å². The highest BCUT2D eigenvalue weighted by atomic mass is 32.1. The van der Waals surface area contributed by atoms with Crippen LogP contribution in [0.3, 0.4) is 0 Å². The molecular weight excluding hydrogens is 411 g/mol. The van der Waals surface area contributed by atoms with E-state index < -0.39 is 0 Å². The number of aromatic nitrogens is 2. The van der Waals surface area contributed by atoms with Crippen molar-refractivity contribution in [1.29, 1.82) is 0 Å². The fraction of sp³-hybridized carbons (Fsp3) is 0.167. The Labute approximate surface area is 183 Å². The van der Waals surface area contributed by atoms with Gasteiger partial charge < -0.3 is 10.7 Å². The second kappa shape index (κ2) is 8.09. The molecule has 4 aromatic rings. The lowest BCUT2D eigenvalue weighted by Crippen LogP contribution is -2.35. The highest BCUT2D eigenvalue weighted by Crippen LogP contribution is 2.30. The molecule has 1 aliphatic rings. The van der Waals surface area contributed by atoms with Gasteiger partial charge in [0.05, 0.1) is 11.3 Å². The summed E-state index contributed by atoms with van der Waals surface area (Å²) in [6.07, 6.45) is 0.734. The van der Waals surface area contributed by atoms with E-state index in [-0.39, 0.29) is 11.4 Å². The third-order valence-corrected chi connectivity index (χ3v) is 6.62. The van der Waals surface area contributed by atoms with Crippen molar-refractivity contribution in [3.05, 3.63) is 93.0 Å². The predicted molar refractivity (Wildman–Crippen MR) is 122 cm³/mol. The summed E-state index contributed by atoms with van der Waals surface area (Å²) in [6.45, 7) is 2.18. The number of anilines is 1. The largest absolute Gasteiger partial charge is 0.399 e. The fourth-order valence-electron chi connectivity index (χ4n) is 3.85. The molecule has 0 radical (unpaired) electrons. The number of H-pyrrole nitrogens is 1. The number of nitrogens with one attached hydrogen (secondary N) is 1. The molecule has 0 amide bonds. The molecule has 2 aromatic heterocycles. The number of hydrogen-bond acceptors (Lipinski definition) is 5. The molecule has 0 saturated heterocycles. The van der Waals surface area contributed by atoms with Crippen molar-refractivity contribution < 1.29 is 4.39 Å². The highest BCUT2D eigenvalue weighted by Gasteiger charge is 2.22. The predicted octanol–water partition coefficient (Wildman–Crippen LogP) is 4.45. The summed E-state index contributed by atoms with van der Waals surface area (Å²) in [5, 5.41) is 0. The molecule has 5 nitrogen and oxygen atoms in total. The Morgan fingerprint density at radius 1 is 1.03 bits per heavy atom. The monoisotopic (exact) mass is 432 g/mol. The van der Waals surface area contributed by atoms with E-state index in [0.29, 0.717) is 18.1 Å². The van der Waals surface area contributed by atoms with Crippen molar-refractivity contribution in [3.63, 3.8) is 0 Å². The van der Waals surface area contributed by atoms with Gasteiger partial charge in [-0.2, -0.15) is 0 Å². The van der Waals surface area contributed by atoms with Crippen LogP contribution in [0.5, 0.6) is 0 Å². The van der Waals surface area contributed by atoms with E-state index in [0.717, 1.165) is 46.8 Å². The lowest BCUT2D eigenvalue weighted by atomic mass is 10.1. The van der Waals surface area contributed by atoms with Crippen molar-refractivity contribution in [2.45, 2.75) is 19.5 Å². The van der Waals surface area contributed by atoms with Crippen LogP contribution in [-0.4, -0.2) is 21.4 Å². The van der Waals surface area contributed by atoms with E-state index in [1.165, 1.54) is 17.0 Å². The normalized spacial score (nSPS) is 13.8. The number of nitrogens with two attached hydrogens (primary N) is 1. The topological polar surface area (TPSA) is 75.0 Å². The number of nitrogens with zero attached hydrogens (tertiary/aromatic N) is 2. The van der Waals surface area contributed by atoms with Crippen LogP contribution in [0.4, 0.5) is 10.1 Å². The van der Waals surface area contributed by atoms with E-state index in [1.807, 2.05) is 12.1 Å². The summed E-state index contributed by atoms with van der Waals surface area (Å²) in [7, 11) is 0. The average Bonchev–Trinajstić information content (AvgIpc) is 3.23. The van der Waals surface area contributed by atoms with Crippen LogP contribution in [0.15, 0.2) is 65.5 Å². The van der Waals surface area contributed by atoms with Gasteiger partial charge in [0, 0.05) is 47.1 Å². The Kier molecular flexibility index (Phi) is 5.13. The Morgan fingerprint density at radius 2 is 1.77 bits per heavy atom. The van der Waals surface area contributed by atoms with Crippen LogP contribution in [-0.2, 0) is 19.5 Å². The minimum absolute atomic E-state index is 0.0836. The van der Waals surface area contributed by atoms with E-state index in [2.05, 4.69) is 22.0 Å². The number of halogens is 1. The molecule has 1 aliphatic heterocycles. The maximum atomic E-state index is 13.2. The van der Waals surface area contributed by atoms with E-state index in [9.17, 15) is 9.18 Å². The summed E-state index contributed by atoms with van der Waals surface area (Å²) in [5.74, 6) is 0.352. The van der Waals surface area contributed by atoms with Crippen molar-refractivity contribution >= 4 is 17.0 Å². The van der Waals surface area contributed by atoms with Crippen LogP contribution in [0.1, 0.15) is 16.1 Å². The minimum Gasteiger partial charge on any atom is -0.399 e. The zero-order chi connectivity index (χ0) is 21.4. The molecule has 2 aromatic carbocycles. The number of hydrogen-bond donors (Lipinski definition) is 2. The molecule has 3 N–H and O–H groups in total. The zero-order valence-electron chi connectivity index (χ0n) is 16.8. The fourth-order valence-corrected chi connectivity index (χ4v) is 4.90. The molecule has 31 heavy (non-hydrogen) atoms. The molecule has 0 fully saturated rings. The lowest BCUT2D eigenvalue weighted by Gasteiger charge is -2.27. The van der Waals surface area contributed by atoms with Gasteiger partial charge >= 0.3 is 0 Å². The maximum absolute atomic E-state index is 13.2. The molecule has 3 heterocycles. The summed E-state index contributed by atoms with van der Waals surface area (Å²) in [6, 6.07) is 18.1. The standard InChI is InChI=1S/C24H21FN4OS/c25-17-5-1-15(2-6-17)22-10-9-19(31-22)13-29-12-11-21-20(14-29)24(30)28-23(27-21)16-3-7-18(26)8-4-16/h1-10H,11-14,26H2,(H,27,28,30). The molecule has 0 saturated carbocycles. The summed E-state index contributed by atoms with van der Waals surface area (Å²) in [4.78, 5) is 25.0. The molecule has 0 bridgehead atoms. The number of rotatable bonds is 4. The van der Waals surface area contributed by atoms with Crippen molar-refractivity contribution in [1.82, 2.24) is 14.9 Å². The molecule has 0 aliphatic carbocycles. The Balaban J connectivity index is 1.32.